The molecule has 0 aliphatic carbocycles. The molecule has 0 amide bonds. The Morgan fingerprint density at radius 3 is 2.45 bits per heavy atom. The monoisotopic (exact) mass is 367 g/mol. The number of thiophene rings is 1. The Labute approximate surface area is 142 Å². The SMILES string of the molecule is CC(NCCc1ccc(Cl)s1)c1ccc(Cl)c(Cl)c1Cl. The molecule has 0 spiro atoms. The lowest BCUT2D eigenvalue weighted by atomic mass is 10.1. The summed E-state index contributed by atoms with van der Waals surface area (Å²) in [6.07, 6.45) is 0.931. The molecule has 1 heterocycles. The normalized spacial score (nSPS) is 12.7. The molecule has 0 saturated heterocycles. The fourth-order valence-electron chi connectivity index (χ4n) is 1.88. The summed E-state index contributed by atoms with van der Waals surface area (Å²) in [7, 11) is 0. The molecule has 2 rings (SSSR count). The largest absolute Gasteiger partial charge is 0.310 e. The fraction of sp³-hybridized carbons (Fsp3) is 0.286. The van der Waals surface area contributed by atoms with Crippen LogP contribution in [0.25, 0.3) is 0 Å². The van der Waals surface area contributed by atoms with Crippen LogP contribution in [-0.4, -0.2) is 6.54 Å². The third kappa shape index (κ3) is 4.03. The van der Waals surface area contributed by atoms with Crippen molar-refractivity contribution in [3.63, 3.8) is 0 Å². The predicted molar refractivity (Wildman–Crippen MR) is 90.9 cm³/mol. The van der Waals surface area contributed by atoms with Gasteiger partial charge in [0.1, 0.15) is 0 Å². The van der Waals surface area contributed by atoms with Gasteiger partial charge in [-0.3, -0.25) is 0 Å². The van der Waals surface area contributed by atoms with E-state index >= 15 is 0 Å². The van der Waals surface area contributed by atoms with Crippen molar-refractivity contribution in [1.29, 1.82) is 0 Å². The van der Waals surface area contributed by atoms with Gasteiger partial charge in [0.2, 0.25) is 0 Å². The Morgan fingerprint density at radius 1 is 1.05 bits per heavy atom. The lowest BCUT2D eigenvalue weighted by molar-refractivity contribution is 0.579. The molecule has 0 aliphatic heterocycles. The van der Waals surface area contributed by atoms with Gasteiger partial charge in [0.25, 0.3) is 0 Å². The molecular weight excluding hydrogens is 356 g/mol. The van der Waals surface area contributed by atoms with Crippen LogP contribution in [-0.2, 0) is 6.42 Å². The molecule has 1 N–H and O–H groups in total. The molecule has 1 aromatic carbocycles. The van der Waals surface area contributed by atoms with Crippen molar-refractivity contribution in [1.82, 2.24) is 5.32 Å². The molecule has 1 atom stereocenters. The molecule has 0 radical (unpaired) electrons. The van der Waals surface area contributed by atoms with Crippen molar-refractivity contribution < 1.29 is 0 Å². The summed E-state index contributed by atoms with van der Waals surface area (Å²) in [5.41, 5.74) is 0.949. The van der Waals surface area contributed by atoms with E-state index in [9.17, 15) is 0 Å². The van der Waals surface area contributed by atoms with Crippen LogP contribution >= 0.6 is 57.7 Å². The molecule has 20 heavy (non-hydrogen) atoms. The Kier molecular flexibility index (Phi) is 6.03. The maximum Gasteiger partial charge on any atom is 0.0931 e. The van der Waals surface area contributed by atoms with Gasteiger partial charge in [-0.25, -0.2) is 0 Å². The number of hydrogen-bond donors (Lipinski definition) is 1. The highest BCUT2D eigenvalue weighted by atomic mass is 35.5. The minimum Gasteiger partial charge on any atom is -0.310 e. The molecular formula is C14H13Cl4NS. The molecule has 108 valence electrons. The zero-order chi connectivity index (χ0) is 14.7. The second-order valence-corrected chi connectivity index (χ2v) is 7.36. The summed E-state index contributed by atoms with van der Waals surface area (Å²) in [5.74, 6) is 0. The van der Waals surface area contributed by atoms with Crippen molar-refractivity contribution in [3.05, 3.63) is 54.1 Å². The molecule has 1 nitrogen and oxygen atoms in total. The first kappa shape index (κ1) is 16.4. The smallest absolute Gasteiger partial charge is 0.0931 e. The van der Waals surface area contributed by atoms with E-state index in [0.29, 0.717) is 15.1 Å². The molecule has 0 aliphatic rings. The van der Waals surface area contributed by atoms with Gasteiger partial charge in [0.15, 0.2) is 0 Å². The van der Waals surface area contributed by atoms with Gasteiger partial charge >= 0.3 is 0 Å². The van der Waals surface area contributed by atoms with Crippen LogP contribution in [0.5, 0.6) is 0 Å². The van der Waals surface area contributed by atoms with Gasteiger partial charge < -0.3 is 5.32 Å². The van der Waals surface area contributed by atoms with E-state index in [4.69, 9.17) is 46.4 Å². The Morgan fingerprint density at radius 2 is 1.80 bits per heavy atom. The lowest BCUT2D eigenvalue weighted by Crippen LogP contribution is -2.21. The van der Waals surface area contributed by atoms with Crippen LogP contribution in [0.2, 0.25) is 19.4 Å². The van der Waals surface area contributed by atoms with Crippen LogP contribution < -0.4 is 5.32 Å². The standard InChI is InChI=1S/C14H13Cl4NS/c1-8(10-3-4-11(15)14(18)13(10)17)19-7-6-9-2-5-12(16)20-9/h2-5,8,19H,6-7H2,1H3. The maximum atomic E-state index is 6.22. The molecule has 6 heteroatoms. The third-order valence-corrected chi connectivity index (χ3v) is 5.58. The molecule has 0 saturated carbocycles. The van der Waals surface area contributed by atoms with E-state index < -0.39 is 0 Å². The van der Waals surface area contributed by atoms with Crippen molar-refractivity contribution in [2.75, 3.05) is 6.54 Å². The van der Waals surface area contributed by atoms with Crippen molar-refractivity contribution in [2.24, 2.45) is 0 Å². The van der Waals surface area contributed by atoms with Crippen LogP contribution in [0.4, 0.5) is 0 Å². The van der Waals surface area contributed by atoms with Crippen LogP contribution in [0.15, 0.2) is 24.3 Å². The first-order valence-electron chi connectivity index (χ1n) is 6.10. The number of rotatable bonds is 5. The van der Waals surface area contributed by atoms with E-state index in [1.807, 2.05) is 25.1 Å². The molecule has 0 fully saturated rings. The highest BCUT2D eigenvalue weighted by Crippen LogP contribution is 2.35. The van der Waals surface area contributed by atoms with E-state index in [-0.39, 0.29) is 6.04 Å². The minimum absolute atomic E-state index is 0.104. The van der Waals surface area contributed by atoms with Gasteiger partial charge in [-0.05, 0) is 37.1 Å². The van der Waals surface area contributed by atoms with Crippen molar-refractivity contribution in [3.8, 4) is 0 Å². The van der Waals surface area contributed by atoms with Crippen molar-refractivity contribution >= 4 is 57.7 Å². The van der Waals surface area contributed by atoms with Crippen LogP contribution in [0, 0.1) is 0 Å². The maximum absolute atomic E-state index is 6.22. The fourth-order valence-corrected chi connectivity index (χ4v) is 3.68. The van der Waals surface area contributed by atoms with Crippen LogP contribution in [0.3, 0.4) is 0 Å². The highest BCUT2D eigenvalue weighted by Gasteiger charge is 2.13. The average molecular weight is 369 g/mol. The Bertz CT molecular complexity index is 597. The van der Waals surface area contributed by atoms with Gasteiger partial charge in [-0.1, -0.05) is 52.5 Å². The summed E-state index contributed by atoms with van der Waals surface area (Å²) in [4.78, 5) is 1.26. The van der Waals surface area contributed by atoms with Gasteiger partial charge in [-0.15, -0.1) is 11.3 Å². The average Bonchev–Trinajstić information content (AvgIpc) is 2.82. The Hall–Kier alpha value is 0.0400. The number of benzene rings is 1. The zero-order valence-electron chi connectivity index (χ0n) is 10.7. The molecule has 1 aromatic heterocycles. The number of nitrogens with one attached hydrogen (secondary N) is 1. The summed E-state index contributed by atoms with van der Waals surface area (Å²) in [5, 5.41) is 4.81. The van der Waals surface area contributed by atoms with E-state index in [1.165, 1.54) is 4.88 Å². The van der Waals surface area contributed by atoms with Crippen molar-refractivity contribution in [2.45, 2.75) is 19.4 Å². The number of halogens is 4. The molecule has 2 aromatic rings. The number of hydrogen-bond acceptors (Lipinski definition) is 2. The molecule has 0 bridgehead atoms. The highest BCUT2D eigenvalue weighted by molar-refractivity contribution is 7.16. The lowest BCUT2D eigenvalue weighted by Gasteiger charge is -2.16. The van der Waals surface area contributed by atoms with Gasteiger partial charge in [0, 0.05) is 17.5 Å². The quantitative estimate of drug-likeness (QED) is 0.614. The third-order valence-electron chi connectivity index (χ3n) is 2.98. The second kappa shape index (κ2) is 7.35. The zero-order valence-corrected chi connectivity index (χ0v) is 14.6. The van der Waals surface area contributed by atoms with Crippen LogP contribution in [0.1, 0.15) is 23.4 Å². The first-order chi connectivity index (χ1) is 9.49. The van der Waals surface area contributed by atoms with E-state index in [0.717, 1.165) is 22.9 Å². The topological polar surface area (TPSA) is 12.0 Å². The van der Waals surface area contributed by atoms with E-state index in [1.54, 1.807) is 17.4 Å². The van der Waals surface area contributed by atoms with E-state index in [2.05, 4.69) is 5.32 Å². The summed E-state index contributed by atoms with van der Waals surface area (Å²) in [6, 6.07) is 7.73. The molecule has 1 unspecified atom stereocenters. The first-order valence-corrected chi connectivity index (χ1v) is 8.43. The second-order valence-electron chi connectivity index (χ2n) is 4.40. The van der Waals surface area contributed by atoms with Gasteiger partial charge in [-0.2, -0.15) is 0 Å². The summed E-state index contributed by atoms with van der Waals surface area (Å²) < 4.78 is 0.820. The van der Waals surface area contributed by atoms with Gasteiger partial charge in [0.05, 0.1) is 19.4 Å². The Balaban J connectivity index is 1.95. The summed E-state index contributed by atoms with van der Waals surface area (Å²) in [6.45, 7) is 2.89. The minimum atomic E-state index is 0.104. The summed E-state index contributed by atoms with van der Waals surface area (Å²) >= 11 is 25.7. The predicted octanol–water partition coefficient (Wildman–Crippen LogP) is 6.26.